The Hall–Kier alpha value is -2.64. The van der Waals surface area contributed by atoms with E-state index in [1.54, 1.807) is 0 Å². The van der Waals surface area contributed by atoms with Gasteiger partial charge in [0.05, 0.1) is 12.4 Å². The van der Waals surface area contributed by atoms with Crippen molar-refractivity contribution < 1.29 is 29.4 Å². The van der Waals surface area contributed by atoms with Gasteiger partial charge in [0.2, 0.25) is 17.7 Å². The Bertz CT molecular complexity index is 789. The van der Waals surface area contributed by atoms with Crippen LogP contribution in [0.4, 0.5) is 0 Å². The summed E-state index contributed by atoms with van der Waals surface area (Å²) in [4.78, 5) is 57.4. The van der Waals surface area contributed by atoms with Crippen LogP contribution in [0.15, 0.2) is 12.5 Å². The third-order valence-electron chi connectivity index (χ3n) is 5.05. The van der Waals surface area contributed by atoms with E-state index in [0.29, 0.717) is 18.5 Å². The van der Waals surface area contributed by atoms with E-state index in [4.69, 9.17) is 5.73 Å². The van der Waals surface area contributed by atoms with Crippen LogP contribution in [0.5, 0.6) is 0 Å². The minimum absolute atomic E-state index is 0.0494. The maximum Gasteiger partial charge on any atom is 0.326 e. The van der Waals surface area contributed by atoms with Crippen LogP contribution in [0.3, 0.4) is 0 Å². The van der Waals surface area contributed by atoms with Crippen molar-refractivity contribution in [3.05, 3.63) is 18.2 Å². The Kier molecular flexibility index (Phi) is 8.83. The van der Waals surface area contributed by atoms with E-state index in [-0.39, 0.29) is 18.7 Å². The Morgan fingerprint density at radius 2 is 2.00 bits per heavy atom. The molecule has 7 N–H and O–H groups in total. The first-order valence-corrected chi connectivity index (χ1v) is 10.4. The van der Waals surface area contributed by atoms with Gasteiger partial charge >= 0.3 is 5.97 Å². The molecule has 0 aliphatic carbocycles. The van der Waals surface area contributed by atoms with Crippen molar-refractivity contribution in [2.75, 3.05) is 12.3 Å². The van der Waals surface area contributed by atoms with E-state index >= 15 is 0 Å². The molecule has 0 saturated carbocycles. The van der Waals surface area contributed by atoms with Crippen molar-refractivity contribution in [1.29, 1.82) is 0 Å². The Labute approximate surface area is 184 Å². The fraction of sp³-hybridized carbons (Fsp3) is 0.611. The molecule has 3 amide bonds. The number of nitrogens with zero attached hydrogens (tertiary/aromatic N) is 2. The molecule has 1 aliphatic heterocycles. The van der Waals surface area contributed by atoms with E-state index in [1.165, 1.54) is 24.3 Å². The second-order valence-electron chi connectivity index (χ2n) is 7.38. The molecule has 1 fully saturated rings. The number of aliphatic hydroxyl groups is 1. The molecule has 1 aliphatic rings. The molecule has 1 aromatic rings. The summed E-state index contributed by atoms with van der Waals surface area (Å²) in [6.45, 7) is 1.61. The number of carboxylic acid groups (broad SMARTS) is 1. The Balaban J connectivity index is 2.15. The van der Waals surface area contributed by atoms with Crippen LogP contribution >= 0.6 is 12.6 Å². The number of aliphatic hydroxyl groups excluding tert-OH is 1. The summed E-state index contributed by atoms with van der Waals surface area (Å²) in [6, 6.07) is -4.40. The largest absolute Gasteiger partial charge is 0.480 e. The fourth-order valence-electron chi connectivity index (χ4n) is 3.26. The second kappa shape index (κ2) is 11.1. The van der Waals surface area contributed by atoms with Gasteiger partial charge in [-0.1, -0.05) is 0 Å². The quantitative estimate of drug-likeness (QED) is 0.190. The normalized spacial score (nSPS) is 19.9. The summed E-state index contributed by atoms with van der Waals surface area (Å²) in [6.07, 6.45) is 2.71. The molecular weight excluding hydrogens is 428 g/mol. The van der Waals surface area contributed by atoms with Crippen molar-refractivity contribution in [1.82, 2.24) is 25.5 Å². The average molecular weight is 457 g/mol. The van der Waals surface area contributed by atoms with Crippen LogP contribution < -0.4 is 16.4 Å². The average Bonchev–Trinajstić information content (AvgIpc) is 3.41. The van der Waals surface area contributed by atoms with Gasteiger partial charge in [-0.3, -0.25) is 14.4 Å². The smallest absolute Gasteiger partial charge is 0.326 e. The number of hydrogen-bond donors (Lipinski definition) is 7. The van der Waals surface area contributed by atoms with E-state index in [2.05, 4.69) is 33.2 Å². The van der Waals surface area contributed by atoms with Crippen LogP contribution in [-0.4, -0.2) is 91.3 Å². The highest BCUT2D eigenvalue weighted by molar-refractivity contribution is 7.80. The highest BCUT2D eigenvalue weighted by Crippen LogP contribution is 2.19. The van der Waals surface area contributed by atoms with Gasteiger partial charge < -0.3 is 36.5 Å². The first kappa shape index (κ1) is 24.6. The van der Waals surface area contributed by atoms with Crippen molar-refractivity contribution in [2.45, 2.75) is 56.5 Å². The molecule has 1 aromatic heterocycles. The lowest BCUT2D eigenvalue weighted by Crippen LogP contribution is -2.59. The molecule has 0 radical (unpaired) electrons. The molecule has 12 nitrogen and oxygen atoms in total. The van der Waals surface area contributed by atoms with E-state index in [9.17, 15) is 29.4 Å². The molecule has 13 heteroatoms. The topological polar surface area (TPSA) is 191 Å². The molecule has 2 rings (SSSR count). The maximum absolute atomic E-state index is 13.1. The zero-order valence-electron chi connectivity index (χ0n) is 17.0. The molecule has 0 spiro atoms. The van der Waals surface area contributed by atoms with Crippen LogP contribution in [0.25, 0.3) is 0 Å². The Morgan fingerprint density at radius 3 is 2.55 bits per heavy atom. The number of aromatic nitrogens is 2. The number of amides is 3. The number of thiol groups is 1. The predicted octanol–water partition coefficient (Wildman–Crippen LogP) is -2.36. The van der Waals surface area contributed by atoms with E-state index in [0.717, 1.165) is 0 Å². The monoisotopic (exact) mass is 456 g/mol. The summed E-state index contributed by atoms with van der Waals surface area (Å²) >= 11 is 4.07. The molecule has 1 saturated heterocycles. The number of aliphatic carboxylic acids is 1. The zero-order valence-corrected chi connectivity index (χ0v) is 17.9. The number of carbonyl (C=O) groups excluding carboxylic acids is 3. The van der Waals surface area contributed by atoms with Gasteiger partial charge in [0.1, 0.15) is 24.2 Å². The number of imidazole rings is 1. The maximum atomic E-state index is 13.1. The minimum atomic E-state index is -1.24. The van der Waals surface area contributed by atoms with Gasteiger partial charge in [0.25, 0.3) is 0 Å². The lowest BCUT2D eigenvalue weighted by atomic mass is 10.1. The lowest BCUT2D eigenvalue weighted by Gasteiger charge is -2.28. The second-order valence-corrected chi connectivity index (χ2v) is 7.75. The summed E-state index contributed by atoms with van der Waals surface area (Å²) in [7, 11) is 0. The predicted molar refractivity (Wildman–Crippen MR) is 112 cm³/mol. The molecule has 0 bridgehead atoms. The number of hydrogen-bond acceptors (Lipinski definition) is 8. The van der Waals surface area contributed by atoms with Crippen molar-refractivity contribution >= 4 is 36.3 Å². The van der Waals surface area contributed by atoms with Crippen molar-refractivity contribution in [3.63, 3.8) is 0 Å². The number of nitrogens with two attached hydrogens (primary N) is 1. The third-order valence-corrected chi connectivity index (χ3v) is 5.42. The highest BCUT2D eigenvalue weighted by Gasteiger charge is 2.38. The molecule has 2 heterocycles. The number of H-pyrrole nitrogens is 1. The summed E-state index contributed by atoms with van der Waals surface area (Å²) in [5.74, 6) is -3.17. The molecule has 31 heavy (non-hydrogen) atoms. The van der Waals surface area contributed by atoms with Gasteiger partial charge in [-0.05, 0) is 19.8 Å². The standard InChI is InChI=1S/C18H28N6O6S/c1-9(25)14(19)16(27)23-12(7-31)15(26)22-11(5-10-6-20-8-21-10)17(28)24-4-2-3-13(24)18(29)30/h6,8-9,11-14,25,31H,2-5,7,19H2,1H3,(H,20,21)(H,22,26)(H,23,27)(H,29,30). The van der Waals surface area contributed by atoms with Crippen molar-refractivity contribution in [2.24, 2.45) is 5.73 Å². The summed E-state index contributed by atoms with van der Waals surface area (Å²) in [5.41, 5.74) is 6.15. The van der Waals surface area contributed by atoms with Gasteiger partial charge in [-0.25, -0.2) is 9.78 Å². The van der Waals surface area contributed by atoms with Gasteiger partial charge in [0, 0.05) is 30.6 Å². The van der Waals surface area contributed by atoms with Crippen LogP contribution in [-0.2, 0) is 25.6 Å². The molecule has 172 valence electrons. The number of rotatable bonds is 10. The van der Waals surface area contributed by atoms with Gasteiger partial charge in [-0.2, -0.15) is 12.6 Å². The van der Waals surface area contributed by atoms with Gasteiger partial charge in [-0.15, -0.1) is 0 Å². The number of aromatic amines is 1. The van der Waals surface area contributed by atoms with Crippen LogP contribution in [0, 0.1) is 0 Å². The molecule has 5 unspecified atom stereocenters. The molecule has 5 atom stereocenters. The van der Waals surface area contributed by atoms with Crippen LogP contribution in [0.2, 0.25) is 0 Å². The molecule has 0 aromatic carbocycles. The lowest BCUT2D eigenvalue weighted by molar-refractivity contribution is -0.149. The third kappa shape index (κ3) is 6.42. The summed E-state index contributed by atoms with van der Waals surface area (Å²) in [5, 5.41) is 23.8. The zero-order chi connectivity index (χ0) is 23.1. The van der Waals surface area contributed by atoms with Crippen molar-refractivity contribution in [3.8, 4) is 0 Å². The number of carboxylic acids is 1. The number of nitrogens with one attached hydrogen (secondary N) is 3. The first-order chi connectivity index (χ1) is 14.6. The highest BCUT2D eigenvalue weighted by atomic mass is 32.1. The van der Waals surface area contributed by atoms with Gasteiger partial charge in [0.15, 0.2) is 0 Å². The summed E-state index contributed by atoms with van der Waals surface area (Å²) < 4.78 is 0. The molecular formula is C18H28N6O6S. The van der Waals surface area contributed by atoms with Crippen LogP contribution in [0.1, 0.15) is 25.5 Å². The first-order valence-electron chi connectivity index (χ1n) is 9.81. The Morgan fingerprint density at radius 1 is 1.32 bits per heavy atom. The fourth-order valence-corrected chi connectivity index (χ4v) is 3.51. The SMILES string of the molecule is CC(O)C(N)C(=O)NC(CS)C(=O)NC(Cc1cnc[nH]1)C(=O)N1CCCC1C(=O)O. The minimum Gasteiger partial charge on any atom is -0.480 e. The van der Waals surface area contributed by atoms with E-state index in [1.807, 2.05) is 0 Å². The number of likely N-dealkylation sites (tertiary alicyclic amines) is 1. The number of carbonyl (C=O) groups is 4. The van der Waals surface area contributed by atoms with E-state index < -0.39 is 54.0 Å².